The molecule has 140 valence electrons. The second kappa shape index (κ2) is 7.57. The minimum Gasteiger partial charge on any atom is -0.497 e. The van der Waals surface area contributed by atoms with Gasteiger partial charge in [0.05, 0.1) is 19.3 Å². The second-order valence-corrected chi connectivity index (χ2v) is 7.21. The lowest BCUT2D eigenvalue weighted by molar-refractivity contribution is 0.0949. The number of amides is 1. The minimum absolute atomic E-state index is 0.0511. The van der Waals surface area contributed by atoms with E-state index in [0.717, 1.165) is 11.4 Å². The molecule has 0 saturated heterocycles. The van der Waals surface area contributed by atoms with Gasteiger partial charge in [-0.05, 0) is 57.8 Å². The third-order valence-electron chi connectivity index (χ3n) is 4.27. The molecule has 0 radical (unpaired) electrons. The van der Waals surface area contributed by atoms with Crippen molar-refractivity contribution < 1.29 is 9.53 Å². The number of nitrogens with one attached hydrogen (secondary N) is 1. The first-order valence-electron chi connectivity index (χ1n) is 8.69. The van der Waals surface area contributed by atoms with E-state index in [1.165, 1.54) is 5.56 Å². The van der Waals surface area contributed by atoms with E-state index in [2.05, 4.69) is 41.6 Å². The van der Waals surface area contributed by atoms with Gasteiger partial charge in [0.1, 0.15) is 5.75 Å². The zero-order chi connectivity index (χ0) is 19.4. The van der Waals surface area contributed by atoms with Crippen molar-refractivity contribution >= 4 is 5.91 Å². The molecule has 0 spiro atoms. The molecule has 3 rings (SSSR count). The van der Waals surface area contributed by atoms with E-state index >= 15 is 0 Å². The molecule has 7 heteroatoms. The molecule has 7 nitrogen and oxygen atoms in total. The first-order valence-corrected chi connectivity index (χ1v) is 8.69. The van der Waals surface area contributed by atoms with Gasteiger partial charge in [-0.2, -0.15) is 4.68 Å². The van der Waals surface area contributed by atoms with E-state index in [-0.39, 0.29) is 17.9 Å². The molecular weight excluding hydrogens is 342 g/mol. The Kier molecular flexibility index (Phi) is 5.21. The summed E-state index contributed by atoms with van der Waals surface area (Å²) in [5, 5.41) is 14.6. The number of hydrogen-bond acceptors (Lipinski definition) is 5. The van der Waals surface area contributed by atoms with Crippen LogP contribution in [0.1, 0.15) is 42.5 Å². The topological polar surface area (TPSA) is 81.9 Å². The molecule has 0 atom stereocenters. The number of aromatic nitrogens is 4. The Balaban J connectivity index is 1.68. The molecule has 0 saturated carbocycles. The van der Waals surface area contributed by atoms with Gasteiger partial charge < -0.3 is 10.1 Å². The summed E-state index contributed by atoms with van der Waals surface area (Å²) in [6, 6.07) is 15.0. The van der Waals surface area contributed by atoms with Gasteiger partial charge in [-0.1, -0.05) is 32.9 Å². The van der Waals surface area contributed by atoms with Crippen LogP contribution in [0.25, 0.3) is 5.69 Å². The Morgan fingerprint density at radius 3 is 2.33 bits per heavy atom. The van der Waals surface area contributed by atoms with Crippen molar-refractivity contribution in [1.29, 1.82) is 0 Å². The lowest BCUT2D eigenvalue weighted by atomic mass is 9.87. The number of rotatable bonds is 5. The molecular formula is C20H23N5O2. The van der Waals surface area contributed by atoms with Crippen molar-refractivity contribution in [1.82, 2.24) is 25.5 Å². The number of tetrazole rings is 1. The van der Waals surface area contributed by atoms with Crippen LogP contribution >= 0.6 is 0 Å². The molecule has 0 aliphatic rings. The van der Waals surface area contributed by atoms with Crippen LogP contribution < -0.4 is 10.1 Å². The molecule has 0 fully saturated rings. The Hall–Kier alpha value is -3.22. The zero-order valence-corrected chi connectivity index (χ0v) is 15.9. The van der Waals surface area contributed by atoms with Gasteiger partial charge in [0.2, 0.25) is 0 Å². The Labute approximate surface area is 158 Å². The van der Waals surface area contributed by atoms with Crippen molar-refractivity contribution in [3.63, 3.8) is 0 Å². The highest BCUT2D eigenvalue weighted by molar-refractivity contribution is 5.94. The summed E-state index contributed by atoms with van der Waals surface area (Å²) in [6.45, 7) is 6.64. The van der Waals surface area contributed by atoms with Crippen LogP contribution in [0, 0.1) is 0 Å². The fraction of sp³-hybridized carbons (Fsp3) is 0.300. The van der Waals surface area contributed by atoms with Crippen molar-refractivity contribution in [3.05, 3.63) is 65.5 Å². The number of ether oxygens (including phenoxy) is 1. The molecule has 1 amide bonds. The van der Waals surface area contributed by atoms with Crippen LogP contribution in [0.15, 0.2) is 48.5 Å². The van der Waals surface area contributed by atoms with Crippen LogP contribution in [0.2, 0.25) is 0 Å². The van der Waals surface area contributed by atoms with Gasteiger partial charge in [0.15, 0.2) is 5.82 Å². The van der Waals surface area contributed by atoms with Crippen LogP contribution in [0.5, 0.6) is 5.75 Å². The number of carbonyl (C=O) groups excluding carboxylic acids is 1. The monoisotopic (exact) mass is 365 g/mol. The quantitative estimate of drug-likeness (QED) is 0.752. The van der Waals surface area contributed by atoms with Gasteiger partial charge in [0.25, 0.3) is 5.91 Å². The maximum absolute atomic E-state index is 12.4. The highest BCUT2D eigenvalue weighted by Crippen LogP contribution is 2.22. The highest BCUT2D eigenvalue weighted by atomic mass is 16.5. The first-order chi connectivity index (χ1) is 12.9. The number of methoxy groups -OCH3 is 1. The second-order valence-electron chi connectivity index (χ2n) is 7.21. The van der Waals surface area contributed by atoms with Crippen molar-refractivity contribution in [2.75, 3.05) is 7.11 Å². The predicted molar refractivity (Wildman–Crippen MR) is 102 cm³/mol. The largest absolute Gasteiger partial charge is 0.497 e. The van der Waals surface area contributed by atoms with Gasteiger partial charge >= 0.3 is 0 Å². The van der Waals surface area contributed by atoms with Gasteiger partial charge in [-0.3, -0.25) is 4.79 Å². The number of carbonyl (C=O) groups is 1. The molecule has 1 aromatic heterocycles. The normalized spacial score (nSPS) is 11.3. The SMILES string of the molecule is COc1ccc(-n2nnnc2CNC(=O)c2ccc(C(C)(C)C)cc2)cc1. The minimum atomic E-state index is -0.167. The first kappa shape index (κ1) is 18.6. The van der Waals surface area contributed by atoms with Crippen molar-refractivity contribution in [2.45, 2.75) is 32.7 Å². The van der Waals surface area contributed by atoms with E-state index in [1.807, 2.05) is 48.5 Å². The Morgan fingerprint density at radius 1 is 1.07 bits per heavy atom. The van der Waals surface area contributed by atoms with E-state index in [4.69, 9.17) is 4.74 Å². The summed E-state index contributed by atoms with van der Waals surface area (Å²) >= 11 is 0. The van der Waals surface area contributed by atoms with Crippen molar-refractivity contribution in [3.8, 4) is 11.4 Å². The summed E-state index contributed by atoms with van der Waals surface area (Å²) < 4.78 is 6.74. The van der Waals surface area contributed by atoms with E-state index in [1.54, 1.807) is 11.8 Å². The Morgan fingerprint density at radius 2 is 1.74 bits per heavy atom. The summed E-state index contributed by atoms with van der Waals surface area (Å²) in [5.41, 5.74) is 2.63. The van der Waals surface area contributed by atoms with Gasteiger partial charge in [-0.15, -0.1) is 5.10 Å². The molecule has 1 heterocycles. The fourth-order valence-electron chi connectivity index (χ4n) is 2.62. The predicted octanol–water partition coefficient (Wildman–Crippen LogP) is 2.90. The number of nitrogens with zero attached hydrogens (tertiary/aromatic N) is 4. The molecule has 0 aliphatic carbocycles. The summed E-state index contributed by atoms with van der Waals surface area (Å²) in [6.07, 6.45) is 0. The van der Waals surface area contributed by atoms with E-state index < -0.39 is 0 Å². The molecule has 0 bridgehead atoms. The summed E-state index contributed by atoms with van der Waals surface area (Å²) in [4.78, 5) is 12.4. The van der Waals surface area contributed by atoms with Crippen molar-refractivity contribution in [2.24, 2.45) is 0 Å². The Bertz CT molecular complexity index is 909. The fourth-order valence-corrected chi connectivity index (χ4v) is 2.62. The molecule has 3 aromatic rings. The van der Waals surface area contributed by atoms with Gasteiger partial charge in [-0.25, -0.2) is 0 Å². The highest BCUT2D eigenvalue weighted by Gasteiger charge is 2.15. The number of benzene rings is 2. The third kappa shape index (κ3) is 4.31. The average molecular weight is 365 g/mol. The third-order valence-corrected chi connectivity index (χ3v) is 4.27. The molecule has 2 aromatic carbocycles. The van der Waals surface area contributed by atoms with E-state index in [0.29, 0.717) is 11.4 Å². The van der Waals surface area contributed by atoms with Gasteiger partial charge in [0, 0.05) is 5.56 Å². The van der Waals surface area contributed by atoms with E-state index in [9.17, 15) is 4.79 Å². The van der Waals surface area contributed by atoms with Crippen LogP contribution in [0.4, 0.5) is 0 Å². The van der Waals surface area contributed by atoms with Crippen LogP contribution in [-0.2, 0) is 12.0 Å². The lowest BCUT2D eigenvalue weighted by Crippen LogP contribution is -2.25. The molecule has 0 unspecified atom stereocenters. The van der Waals surface area contributed by atoms with Crippen LogP contribution in [-0.4, -0.2) is 33.2 Å². The smallest absolute Gasteiger partial charge is 0.251 e. The zero-order valence-electron chi connectivity index (χ0n) is 15.9. The lowest BCUT2D eigenvalue weighted by Gasteiger charge is -2.19. The molecule has 27 heavy (non-hydrogen) atoms. The summed E-state index contributed by atoms with van der Waals surface area (Å²) in [7, 11) is 1.61. The number of hydrogen-bond donors (Lipinski definition) is 1. The standard InChI is InChI=1S/C20H23N5O2/c1-20(2,3)15-7-5-14(6-8-15)19(26)21-13-18-22-23-24-25(18)16-9-11-17(27-4)12-10-16/h5-12H,13H2,1-4H3,(H,21,26). The maximum Gasteiger partial charge on any atom is 0.251 e. The maximum atomic E-state index is 12.4. The summed E-state index contributed by atoms with van der Waals surface area (Å²) in [5.74, 6) is 1.12. The molecule has 1 N–H and O–H groups in total. The molecule has 0 aliphatic heterocycles. The average Bonchev–Trinajstić information content (AvgIpc) is 3.14. The van der Waals surface area contributed by atoms with Crippen LogP contribution in [0.3, 0.4) is 0 Å².